The third-order valence-corrected chi connectivity index (χ3v) is 5.24. The van der Waals surface area contributed by atoms with Crippen molar-refractivity contribution in [3.05, 3.63) is 12.2 Å². The molecule has 0 aliphatic heterocycles. The van der Waals surface area contributed by atoms with Crippen LogP contribution in [0.3, 0.4) is 0 Å². The average molecular weight is 353 g/mol. The van der Waals surface area contributed by atoms with Gasteiger partial charge in [-0.3, -0.25) is 9.59 Å². The summed E-state index contributed by atoms with van der Waals surface area (Å²) >= 11 is 0. The van der Waals surface area contributed by atoms with Gasteiger partial charge in [-0.05, 0) is 31.6 Å². The smallest absolute Gasteiger partial charge is 0.303 e. The fraction of sp³-hybridized carbons (Fsp3) is 0.810. The number of carboxylic acids is 1. The largest absolute Gasteiger partial charge is 0.481 e. The number of aliphatic hydroxyl groups is 1. The van der Waals surface area contributed by atoms with Crippen LogP contribution in [0.2, 0.25) is 0 Å². The van der Waals surface area contributed by atoms with Crippen LogP contribution >= 0.6 is 0 Å². The molecule has 0 spiro atoms. The highest BCUT2D eigenvalue weighted by atomic mass is 16.4. The maximum absolute atomic E-state index is 12.1. The van der Waals surface area contributed by atoms with Crippen LogP contribution < -0.4 is 0 Å². The second-order valence-electron chi connectivity index (χ2n) is 7.42. The number of allylic oxidation sites excluding steroid dienone is 1. The first-order chi connectivity index (χ1) is 12.0. The summed E-state index contributed by atoms with van der Waals surface area (Å²) in [5.41, 5.74) is 0. The number of Topliss-reactive ketones (excluding diaryl/α,β-unsaturated/α-hetero) is 1. The molecule has 0 radical (unpaired) electrons. The van der Waals surface area contributed by atoms with Gasteiger partial charge in [0.25, 0.3) is 0 Å². The summed E-state index contributed by atoms with van der Waals surface area (Å²) in [6.07, 6.45) is 15.4. The molecule has 0 amide bonds. The zero-order chi connectivity index (χ0) is 18.5. The van der Waals surface area contributed by atoms with E-state index in [-0.39, 0.29) is 18.4 Å². The number of hydrogen-bond acceptors (Lipinski definition) is 3. The van der Waals surface area contributed by atoms with E-state index in [1.165, 1.54) is 0 Å². The molecule has 4 nitrogen and oxygen atoms in total. The van der Waals surface area contributed by atoms with Crippen LogP contribution in [0.15, 0.2) is 12.2 Å². The van der Waals surface area contributed by atoms with Crippen molar-refractivity contribution in [3.8, 4) is 0 Å². The monoisotopic (exact) mass is 352 g/mol. The van der Waals surface area contributed by atoms with E-state index in [0.717, 1.165) is 70.6 Å². The Morgan fingerprint density at radius 3 is 2.60 bits per heavy atom. The van der Waals surface area contributed by atoms with Crippen LogP contribution in [0.5, 0.6) is 0 Å². The van der Waals surface area contributed by atoms with E-state index >= 15 is 0 Å². The second-order valence-corrected chi connectivity index (χ2v) is 7.42. The van der Waals surface area contributed by atoms with Crippen LogP contribution in [0.4, 0.5) is 0 Å². The molecule has 4 heteroatoms. The first kappa shape index (κ1) is 21.9. The molecule has 1 aliphatic rings. The van der Waals surface area contributed by atoms with Crippen molar-refractivity contribution in [2.24, 2.45) is 11.8 Å². The Balaban J connectivity index is 2.24. The fourth-order valence-electron chi connectivity index (χ4n) is 3.68. The average Bonchev–Trinajstić information content (AvgIpc) is 2.92. The highest BCUT2D eigenvalue weighted by molar-refractivity contribution is 5.83. The SMILES string of the molecule is CCCCC[C@H](O)/C=C/[C@H]1CCC(=O)[C@@H]1CCCCCCCC(=O)O. The Labute approximate surface area is 152 Å². The minimum Gasteiger partial charge on any atom is -0.481 e. The fourth-order valence-corrected chi connectivity index (χ4v) is 3.68. The van der Waals surface area contributed by atoms with E-state index in [1.807, 2.05) is 6.08 Å². The molecular weight excluding hydrogens is 316 g/mol. The van der Waals surface area contributed by atoms with Gasteiger partial charge in [0, 0.05) is 18.8 Å². The summed E-state index contributed by atoms with van der Waals surface area (Å²) in [4.78, 5) is 22.6. The Bertz CT molecular complexity index is 416. The number of unbranched alkanes of at least 4 members (excludes halogenated alkanes) is 6. The number of aliphatic carboxylic acids is 1. The van der Waals surface area contributed by atoms with Gasteiger partial charge in [-0.25, -0.2) is 0 Å². The van der Waals surface area contributed by atoms with E-state index in [0.29, 0.717) is 18.1 Å². The minimum absolute atomic E-state index is 0.123. The Kier molecular flexibility index (Phi) is 11.5. The third-order valence-electron chi connectivity index (χ3n) is 5.24. The van der Waals surface area contributed by atoms with Gasteiger partial charge in [-0.15, -0.1) is 0 Å². The van der Waals surface area contributed by atoms with Gasteiger partial charge in [0.05, 0.1) is 6.10 Å². The summed E-state index contributed by atoms with van der Waals surface area (Å²) < 4.78 is 0. The number of carboxylic acid groups (broad SMARTS) is 1. The van der Waals surface area contributed by atoms with Crippen molar-refractivity contribution >= 4 is 11.8 Å². The first-order valence-electron chi connectivity index (χ1n) is 10.2. The van der Waals surface area contributed by atoms with Gasteiger partial charge < -0.3 is 10.2 Å². The van der Waals surface area contributed by atoms with Crippen LogP contribution in [-0.4, -0.2) is 28.1 Å². The summed E-state index contributed by atoms with van der Waals surface area (Å²) in [6.45, 7) is 2.16. The third kappa shape index (κ3) is 9.78. The maximum Gasteiger partial charge on any atom is 0.303 e. The quantitative estimate of drug-likeness (QED) is 0.344. The van der Waals surface area contributed by atoms with Gasteiger partial charge in [0.1, 0.15) is 5.78 Å². The molecule has 25 heavy (non-hydrogen) atoms. The molecule has 0 unspecified atom stereocenters. The van der Waals surface area contributed by atoms with Crippen LogP contribution in [0, 0.1) is 11.8 Å². The molecule has 144 valence electrons. The van der Waals surface area contributed by atoms with Gasteiger partial charge in [-0.2, -0.15) is 0 Å². The number of carbonyl (C=O) groups is 2. The van der Waals surface area contributed by atoms with Crippen LogP contribution in [0.1, 0.15) is 90.4 Å². The molecule has 0 bridgehead atoms. The zero-order valence-electron chi connectivity index (χ0n) is 15.8. The zero-order valence-corrected chi connectivity index (χ0v) is 15.8. The molecule has 1 aliphatic carbocycles. The lowest BCUT2D eigenvalue weighted by molar-refractivity contribution is -0.137. The topological polar surface area (TPSA) is 74.6 Å². The number of aliphatic hydroxyl groups excluding tert-OH is 1. The van der Waals surface area contributed by atoms with Crippen LogP contribution in [-0.2, 0) is 9.59 Å². The van der Waals surface area contributed by atoms with Crippen molar-refractivity contribution in [1.82, 2.24) is 0 Å². The van der Waals surface area contributed by atoms with Gasteiger partial charge in [0.15, 0.2) is 0 Å². The molecule has 3 atom stereocenters. The molecule has 0 aromatic heterocycles. The molecule has 0 aromatic carbocycles. The number of rotatable bonds is 14. The number of carbonyl (C=O) groups excluding carboxylic acids is 1. The van der Waals surface area contributed by atoms with Crippen molar-refractivity contribution in [1.29, 1.82) is 0 Å². The number of hydrogen-bond donors (Lipinski definition) is 2. The Hall–Kier alpha value is -1.16. The predicted molar refractivity (Wildman–Crippen MR) is 100 cm³/mol. The number of ketones is 1. The van der Waals surface area contributed by atoms with E-state index in [9.17, 15) is 14.7 Å². The van der Waals surface area contributed by atoms with Crippen LogP contribution in [0.25, 0.3) is 0 Å². The summed E-state index contributed by atoms with van der Waals surface area (Å²) in [6, 6.07) is 0. The normalized spacial score (nSPS) is 21.9. The van der Waals surface area contributed by atoms with Crippen molar-refractivity contribution < 1.29 is 19.8 Å². The molecular formula is C21H36O4. The summed E-state index contributed by atoms with van der Waals surface area (Å²) in [7, 11) is 0. The molecule has 0 saturated heterocycles. The van der Waals surface area contributed by atoms with Crippen molar-refractivity contribution in [2.45, 2.75) is 96.5 Å². The van der Waals surface area contributed by atoms with Gasteiger partial charge in [-0.1, -0.05) is 64.0 Å². The van der Waals surface area contributed by atoms with Crippen molar-refractivity contribution in [2.75, 3.05) is 0 Å². The van der Waals surface area contributed by atoms with E-state index in [2.05, 4.69) is 13.0 Å². The Morgan fingerprint density at radius 2 is 1.88 bits per heavy atom. The van der Waals surface area contributed by atoms with Crippen molar-refractivity contribution in [3.63, 3.8) is 0 Å². The lowest BCUT2D eigenvalue weighted by atomic mass is 9.89. The van der Waals surface area contributed by atoms with Gasteiger partial charge >= 0.3 is 5.97 Å². The lowest BCUT2D eigenvalue weighted by Crippen LogP contribution is -2.14. The van der Waals surface area contributed by atoms with Gasteiger partial charge in [0.2, 0.25) is 0 Å². The molecule has 1 saturated carbocycles. The molecule has 0 heterocycles. The minimum atomic E-state index is -0.719. The first-order valence-corrected chi connectivity index (χ1v) is 10.2. The summed E-state index contributed by atoms with van der Waals surface area (Å²) in [5, 5.41) is 18.6. The van der Waals surface area contributed by atoms with E-state index < -0.39 is 5.97 Å². The molecule has 1 fully saturated rings. The second kappa shape index (κ2) is 13.1. The standard InChI is InChI=1S/C21H36O4/c1-2-3-7-10-18(22)15-13-17-14-16-20(23)19(17)11-8-5-4-6-9-12-21(24)25/h13,15,17-19,22H,2-12,14,16H2,1H3,(H,24,25)/b15-13+/t17-,18-,19+/m0/s1. The Morgan fingerprint density at radius 1 is 1.16 bits per heavy atom. The molecule has 0 aromatic rings. The summed E-state index contributed by atoms with van der Waals surface area (Å²) in [5.74, 6) is 0.0718. The highest BCUT2D eigenvalue weighted by Gasteiger charge is 2.32. The maximum atomic E-state index is 12.1. The molecule has 2 N–H and O–H groups in total. The predicted octanol–water partition coefficient (Wildman–Crippen LogP) is 4.89. The highest BCUT2D eigenvalue weighted by Crippen LogP contribution is 2.34. The van der Waals surface area contributed by atoms with E-state index in [4.69, 9.17) is 5.11 Å². The molecule has 1 rings (SSSR count). The lowest BCUT2D eigenvalue weighted by Gasteiger charge is -2.15. The van der Waals surface area contributed by atoms with E-state index in [1.54, 1.807) is 0 Å².